The fourth-order valence-electron chi connectivity index (χ4n) is 6.02. The highest BCUT2D eigenvalue weighted by atomic mass is 16.4. The lowest BCUT2D eigenvalue weighted by atomic mass is 9.43. The van der Waals surface area contributed by atoms with Crippen LogP contribution in [-0.2, 0) is 4.79 Å². The fourth-order valence-corrected chi connectivity index (χ4v) is 6.02. The summed E-state index contributed by atoms with van der Waals surface area (Å²) in [7, 11) is 0. The van der Waals surface area contributed by atoms with Crippen molar-refractivity contribution in [2.24, 2.45) is 29.1 Å². The number of hydrogen-bond donors (Lipinski definition) is 3. The third kappa shape index (κ3) is 4.25. The van der Waals surface area contributed by atoms with E-state index in [2.05, 4.69) is 31.8 Å². The van der Waals surface area contributed by atoms with E-state index in [1.165, 1.54) is 31.3 Å². The van der Waals surface area contributed by atoms with Crippen molar-refractivity contribution in [3.63, 3.8) is 0 Å². The fraction of sp³-hybridized carbons (Fsp3) is 0.783. The number of aliphatic hydroxyl groups is 2. The topological polar surface area (TPSA) is 77.8 Å². The second kappa shape index (κ2) is 8.37. The zero-order valence-corrected chi connectivity index (χ0v) is 16.7. The number of carboxylic acid groups (broad SMARTS) is 1. The summed E-state index contributed by atoms with van der Waals surface area (Å²) in [4.78, 5) is 10.8. The van der Waals surface area contributed by atoms with Gasteiger partial charge in [-0.15, -0.1) is 0 Å². The monoisotopic (exact) mass is 374 g/mol. The molecular weight excluding hydrogens is 340 g/mol. The number of fused-ring (bicyclic) bond motifs is 1. The van der Waals surface area contributed by atoms with Crippen molar-refractivity contribution in [2.45, 2.75) is 83.8 Å². The molecule has 3 saturated carbocycles. The van der Waals surface area contributed by atoms with E-state index in [-0.39, 0.29) is 23.7 Å². The molecule has 3 N–H and O–H groups in total. The molecule has 0 saturated heterocycles. The van der Waals surface area contributed by atoms with Crippen LogP contribution in [0.4, 0.5) is 0 Å². The van der Waals surface area contributed by atoms with Gasteiger partial charge in [0, 0.05) is 6.42 Å². The number of aliphatic carboxylic acids is 1. The number of carboxylic acids is 1. The van der Waals surface area contributed by atoms with E-state index in [9.17, 15) is 15.0 Å². The zero-order valence-electron chi connectivity index (χ0n) is 16.7. The van der Waals surface area contributed by atoms with Gasteiger partial charge in [0.1, 0.15) is 6.10 Å². The molecule has 6 atom stereocenters. The second-order valence-electron chi connectivity index (χ2n) is 9.15. The Morgan fingerprint density at radius 1 is 1.33 bits per heavy atom. The molecule has 150 valence electrons. The molecule has 3 rings (SSSR count). The van der Waals surface area contributed by atoms with Gasteiger partial charge in [0.2, 0.25) is 0 Å². The smallest absolute Gasteiger partial charge is 0.303 e. The Balaban J connectivity index is 1.67. The second-order valence-corrected chi connectivity index (χ2v) is 9.15. The number of aliphatic hydroxyl groups excluding tert-OH is 2. The Bertz CT molecular complexity index is 636. The van der Waals surface area contributed by atoms with Crippen LogP contribution >= 0.6 is 0 Å². The standard InChI is InChI=1S/C23H34O4/c1-15-19(8-5-9-21(26)27)23(2)13-12-20(25)18(22(15)23)11-10-17(24)14-16-6-3-4-7-16/h8,15-18,20,22,24-25H,3-7,9,12-14H2,1-2H3,(H,26,27)/t15?,17?,18-,20+,22+,23+/m0/s1. The van der Waals surface area contributed by atoms with Gasteiger partial charge in [-0.05, 0) is 48.9 Å². The normalized spacial score (nSPS) is 38.6. The summed E-state index contributed by atoms with van der Waals surface area (Å²) in [6, 6.07) is 0. The van der Waals surface area contributed by atoms with Gasteiger partial charge in [-0.1, -0.05) is 63.0 Å². The molecule has 0 radical (unpaired) electrons. The van der Waals surface area contributed by atoms with Gasteiger partial charge < -0.3 is 15.3 Å². The molecule has 0 bridgehead atoms. The van der Waals surface area contributed by atoms with Crippen LogP contribution in [0.2, 0.25) is 0 Å². The summed E-state index contributed by atoms with van der Waals surface area (Å²) in [6.45, 7) is 4.40. The first kappa shape index (κ1) is 20.4. The average Bonchev–Trinajstić information content (AvgIpc) is 3.11. The summed E-state index contributed by atoms with van der Waals surface area (Å²) < 4.78 is 0. The quantitative estimate of drug-likeness (QED) is 0.506. The summed E-state index contributed by atoms with van der Waals surface area (Å²) in [5.41, 5.74) is 1.34. The molecule has 4 nitrogen and oxygen atoms in total. The van der Waals surface area contributed by atoms with Crippen LogP contribution in [0.5, 0.6) is 0 Å². The predicted molar refractivity (Wildman–Crippen MR) is 105 cm³/mol. The molecule has 0 aromatic rings. The van der Waals surface area contributed by atoms with Crippen molar-refractivity contribution in [2.75, 3.05) is 0 Å². The summed E-state index contributed by atoms with van der Waals surface area (Å²) in [5, 5.41) is 29.8. The van der Waals surface area contributed by atoms with E-state index >= 15 is 0 Å². The Kier molecular flexibility index (Phi) is 6.33. The molecule has 0 aromatic carbocycles. The van der Waals surface area contributed by atoms with E-state index in [1.807, 2.05) is 0 Å². The molecule has 0 amide bonds. The highest BCUT2D eigenvalue weighted by Gasteiger charge is 2.58. The van der Waals surface area contributed by atoms with Gasteiger partial charge in [-0.25, -0.2) is 0 Å². The average molecular weight is 375 g/mol. The molecule has 3 aliphatic carbocycles. The maximum Gasteiger partial charge on any atom is 0.303 e. The molecule has 0 aromatic heterocycles. The molecule has 4 heteroatoms. The van der Waals surface area contributed by atoms with Gasteiger partial charge in [-0.2, -0.15) is 0 Å². The number of allylic oxidation sites excluding steroid dienone is 2. The molecule has 3 aliphatic rings. The van der Waals surface area contributed by atoms with Crippen molar-refractivity contribution in [3.05, 3.63) is 11.6 Å². The van der Waals surface area contributed by atoms with Crippen LogP contribution in [0.1, 0.15) is 71.6 Å². The first-order chi connectivity index (χ1) is 12.8. The van der Waals surface area contributed by atoms with Gasteiger partial charge >= 0.3 is 5.97 Å². The maximum atomic E-state index is 10.8. The third-order valence-electron chi connectivity index (χ3n) is 7.36. The van der Waals surface area contributed by atoms with Crippen molar-refractivity contribution >= 4 is 5.97 Å². The van der Waals surface area contributed by atoms with Crippen molar-refractivity contribution in [1.82, 2.24) is 0 Å². The van der Waals surface area contributed by atoms with Gasteiger partial charge in [0.15, 0.2) is 0 Å². The third-order valence-corrected chi connectivity index (χ3v) is 7.36. The van der Waals surface area contributed by atoms with E-state index in [4.69, 9.17) is 5.11 Å². The van der Waals surface area contributed by atoms with Crippen molar-refractivity contribution < 1.29 is 20.1 Å². The molecule has 0 aliphatic heterocycles. The molecule has 2 unspecified atom stereocenters. The molecule has 3 fully saturated rings. The van der Waals surface area contributed by atoms with Crippen molar-refractivity contribution in [3.8, 4) is 11.8 Å². The SMILES string of the molecule is CC1C(=CCCC(=O)O)[C@@]2(C)CC[C@@H](O)[C@H](C#CC(O)CC3CCCC3)[C@@H]12. The first-order valence-electron chi connectivity index (χ1n) is 10.6. The number of rotatable bonds is 5. The maximum absolute atomic E-state index is 10.8. The number of carbonyl (C=O) groups is 1. The number of hydrogen-bond acceptors (Lipinski definition) is 3. The van der Waals surface area contributed by atoms with Gasteiger partial charge in [-0.3, -0.25) is 4.79 Å². The largest absolute Gasteiger partial charge is 0.481 e. The lowest BCUT2D eigenvalue weighted by molar-refractivity contribution is -0.136. The van der Waals surface area contributed by atoms with Crippen LogP contribution in [0.25, 0.3) is 0 Å². The predicted octanol–water partition coefficient (Wildman–Crippen LogP) is 3.77. The summed E-state index contributed by atoms with van der Waals surface area (Å²) in [6.07, 6.45) is 9.14. The molecule has 27 heavy (non-hydrogen) atoms. The van der Waals surface area contributed by atoms with Crippen LogP contribution < -0.4 is 0 Å². The Hall–Kier alpha value is -1.31. The minimum atomic E-state index is -0.764. The van der Waals surface area contributed by atoms with Crippen LogP contribution in [0.3, 0.4) is 0 Å². The highest BCUT2D eigenvalue weighted by molar-refractivity contribution is 5.66. The lowest BCUT2D eigenvalue weighted by Crippen LogP contribution is -2.56. The molecular formula is C23H34O4. The van der Waals surface area contributed by atoms with E-state index in [0.29, 0.717) is 24.7 Å². The Labute approximate surface area is 163 Å². The minimum Gasteiger partial charge on any atom is -0.481 e. The Morgan fingerprint density at radius 2 is 2.04 bits per heavy atom. The van der Waals surface area contributed by atoms with Crippen LogP contribution in [0, 0.1) is 40.9 Å². The van der Waals surface area contributed by atoms with Crippen LogP contribution in [0.15, 0.2) is 11.6 Å². The molecule has 0 heterocycles. The highest BCUT2D eigenvalue weighted by Crippen LogP contribution is 2.64. The Morgan fingerprint density at radius 3 is 2.70 bits per heavy atom. The first-order valence-corrected chi connectivity index (χ1v) is 10.6. The van der Waals surface area contributed by atoms with Gasteiger partial charge in [0.25, 0.3) is 0 Å². The van der Waals surface area contributed by atoms with E-state index in [0.717, 1.165) is 12.8 Å². The van der Waals surface area contributed by atoms with E-state index < -0.39 is 18.2 Å². The van der Waals surface area contributed by atoms with Crippen LogP contribution in [-0.4, -0.2) is 33.5 Å². The zero-order chi connectivity index (χ0) is 19.6. The summed E-state index contributed by atoms with van der Waals surface area (Å²) in [5.74, 6) is 6.63. The van der Waals surface area contributed by atoms with Gasteiger partial charge in [0.05, 0.1) is 12.0 Å². The van der Waals surface area contributed by atoms with Crippen molar-refractivity contribution in [1.29, 1.82) is 0 Å². The summed E-state index contributed by atoms with van der Waals surface area (Å²) >= 11 is 0. The lowest BCUT2D eigenvalue weighted by Gasteiger charge is -2.61. The minimum absolute atomic E-state index is 0.00685. The van der Waals surface area contributed by atoms with E-state index in [1.54, 1.807) is 0 Å². The molecule has 0 spiro atoms.